The number of hydrogen-bond acceptors (Lipinski definition) is 4. The lowest BCUT2D eigenvalue weighted by Crippen LogP contribution is -2.42. The molecule has 3 aromatic rings. The molecule has 0 saturated carbocycles. The van der Waals surface area contributed by atoms with Crippen LogP contribution in [0, 0.1) is 0 Å². The molecule has 0 amide bonds. The molecule has 2 heterocycles. The van der Waals surface area contributed by atoms with E-state index in [-0.39, 0.29) is 18.5 Å². The van der Waals surface area contributed by atoms with Gasteiger partial charge in [-0.05, 0) is 43.1 Å². The maximum absolute atomic E-state index is 6.17. The van der Waals surface area contributed by atoms with E-state index < -0.39 is 0 Å². The molecule has 1 fully saturated rings. The molecule has 1 aliphatic rings. The van der Waals surface area contributed by atoms with Gasteiger partial charge in [-0.2, -0.15) is 0 Å². The number of nitrogens with zero attached hydrogens (tertiary/aromatic N) is 1. The van der Waals surface area contributed by atoms with Gasteiger partial charge in [0.1, 0.15) is 0 Å². The van der Waals surface area contributed by atoms with Gasteiger partial charge in [0.2, 0.25) is 0 Å². The highest BCUT2D eigenvalue weighted by molar-refractivity contribution is 7.19. The first kappa shape index (κ1) is 21.3. The van der Waals surface area contributed by atoms with Gasteiger partial charge in [-0.25, -0.2) is 0 Å². The number of halogens is 1. The highest BCUT2D eigenvalue weighted by Gasteiger charge is 2.27. The molecule has 3 nitrogen and oxygen atoms in total. The number of hydrogen-bond donors (Lipinski definition) is 1. The topological polar surface area (TPSA) is 24.5 Å². The minimum atomic E-state index is 0. The maximum atomic E-state index is 6.17. The van der Waals surface area contributed by atoms with Crippen molar-refractivity contribution in [1.82, 2.24) is 10.2 Å². The molecule has 1 aromatic heterocycles. The zero-order valence-electron chi connectivity index (χ0n) is 16.3. The minimum Gasteiger partial charge on any atom is -0.375 e. The lowest BCUT2D eigenvalue weighted by atomic mass is 9.95. The van der Waals surface area contributed by atoms with Gasteiger partial charge in [0.15, 0.2) is 0 Å². The summed E-state index contributed by atoms with van der Waals surface area (Å²) in [7, 11) is 2.22. The van der Waals surface area contributed by atoms with Crippen LogP contribution in [0.5, 0.6) is 0 Å². The third-order valence-electron chi connectivity index (χ3n) is 5.33. The largest absolute Gasteiger partial charge is 0.375 e. The molecule has 28 heavy (non-hydrogen) atoms. The number of ether oxygens (including phenoxy) is 1. The van der Waals surface area contributed by atoms with Crippen molar-refractivity contribution in [2.45, 2.75) is 25.0 Å². The monoisotopic (exact) mass is 416 g/mol. The lowest BCUT2D eigenvalue weighted by Gasteiger charge is -2.31. The van der Waals surface area contributed by atoms with Crippen LogP contribution in [0.4, 0.5) is 0 Å². The van der Waals surface area contributed by atoms with Crippen LogP contribution in [-0.2, 0) is 11.3 Å². The van der Waals surface area contributed by atoms with Gasteiger partial charge in [0.25, 0.3) is 0 Å². The Balaban J connectivity index is 0.00000225. The number of nitrogens with one attached hydrogen (secondary N) is 1. The average molecular weight is 417 g/mol. The summed E-state index contributed by atoms with van der Waals surface area (Å²) in [5.74, 6) is 0.438. The van der Waals surface area contributed by atoms with Crippen LogP contribution in [0.15, 0.2) is 60.7 Å². The van der Waals surface area contributed by atoms with Gasteiger partial charge in [0.05, 0.1) is 12.7 Å². The summed E-state index contributed by atoms with van der Waals surface area (Å²) in [5.41, 5.74) is 1.37. The molecule has 0 aliphatic carbocycles. The van der Waals surface area contributed by atoms with Gasteiger partial charge in [-0.1, -0.05) is 48.5 Å². The summed E-state index contributed by atoms with van der Waals surface area (Å²) in [6.07, 6.45) is 1.37. The number of morpholine rings is 1. The van der Waals surface area contributed by atoms with Crippen LogP contribution < -0.4 is 5.32 Å². The number of benzene rings is 2. The first-order valence-electron chi connectivity index (χ1n) is 9.83. The third-order valence-corrected chi connectivity index (χ3v) is 6.58. The molecule has 0 radical (unpaired) electrons. The van der Waals surface area contributed by atoms with Gasteiger partial charge in [-0.3, -0.25) is 0 Å². The van der Waals surface area contributed by atoms with E-state index >= 15 is 0 Å². The molecule has 5 heteroatoms. The summed E-state index contributed by atoms with van der Waals surface area (Å²) in [6, 6.07) is 21.8. The Bertz CT molecular complexity index is 815. The van der Waals surface area contributed by atoms with E-state index in [9.17, 15) is 0 Å². The van der Waals surface area contributed by atoms with Crippen LogP contribution in [0.2, 0.25) is 0 Å². The van der Waals surface area contributed by atoms with Crippen LogP contribution in [0.3, 0.4) is 0 Å². The number of fused-ring (bicyclic) bond motifs is 1. The predicted molar refractivity (Wildman–Crippen MR) is 122 cm³/mol. The Morgan fingerprint density at radius 1 is 1.14 bits per heavy atom. The SMILES string of the molecule is CN(CCC(c1cc2ccccc2s1)C1CNCCO1)Cc1ccccc1.Cl. The summed E-state index contributed by atoms with van der Waals surface area (Å²) < 4.78 is 7.54. The van der Waals surface area contributed by atoms with Crippen molar-refractivity contribution in [3.8, 4) is 0 Å². The molecular formula is C23H29ClN2OS. The highest BCUT2D eigenvalue weighted by atomic mass is 35.5. The van der Waals surface area contributed by atoms with Crippen LogP contribution in [-0.4, -0.2) is 44.3 Å². The van der Waals surface area contributed by atoms with Gasteiger partial charge >= 0.3 is 0 Å². The molecule has 1 saturated heterocycles. The summed E-state index contributed by atoms with van der Waals surface area (Å²) >= 11 is 1.93. The van der Waals surface area contributed by atoms with Crippen LogP contribution >= 0.6 is 23.7 Å². The van der Waals surface area contributed by atoms with E-state index in [4.69, 9.17) is 4.74 Å². The Morgan fingerprint density at radius 3 is 2.68 bits per heavy atom. The Kier molecular flexibility index (Phi) is 7.89. The molecule has 2 unspecified atom stereocenters. The zero-order valence-corrected chi connectivity index (χ0v) is 18.0. The van der Waals surface area contributed by atoms with Crippen molar-refractivity contribution in [3.05, 3.63) is 71.1 Å². The van der Waals surface area contributed by atoms with Crippen molar-refractivity contribution < 1.29 is 4.74 Å². The fraction of sp³-hybridized carbons (Fsp3) is 0.391. The number of thiophene rings is 1. The summed E-state index contributed by atoms with van der Waals surface area (Å²) in [5, 5.41) is 4.86. The molecule has 0 spiro atoms. The smallest absolute Gasteiger partial charge is 0.0776 e. The number of rotatable bonds is 7. The fourth-order valence-electron chi connectivity index (χ4n) is 3.87. The van der Waals surface area contributed by atoms with Crippen LogP contribution in [0.25, 0.3) is 10.1 Å². The van der Waals surface area contributed by atoms with E-state index in [1.165, 1.54) is 20.5 Å². The van der Waals surface area contributed by atoms with Gasteiger partial charge in [0, 0.05) is 35.1 Å². The molecule has 4 rings (SSSR count). The quantitative estimate of drug-likeness (QED) is 0.591. The summed E-state index contributed by atoms with van der Waals surface area (Å²) in [4.78, 5) is 3.88. The van der Waals surface area contributed by atoms with E-state index in [0.29, 0.717) is 5.92 Å². The first-order chi connectivity index (χ1) is 13.3. The first-order valence-corrected chi connectivity index (χ1v) is 10.6. The minimum absolute atomic E-state index is 0. The van der Waals surface area contributed by atoms with Crippen molar-refractivity contribution in [3.63, 3.8) is 0 Å². The van der Waals surface area contributed by atoms with Crippen molar-refractivity contribution >= 4 is 33.8 Å². The Labute approximate surface area is 178 Å². The Morgan fingerprint density at radius 2 is 1.93 bits per heavy atom. The predicted octanol–water partition coefficient (Wildman–Crippen LogP) is 4.92. The van der Waals surface area contributed by atoms with Gasteiger partial charge < -0.3 is 15.0 Å². The van der Waals surface area contributed by atoms with E-state index in [1.807, 2.05) is 11.3 Å². The molecule has 1 N–H and O–H groups in total. The maximum Gasteiger partial charge on any atom is 0.0776 e. The second-order valence-electron chi connectivity index (χ2n) is 7.42. The van der Waals surface area contributed by atoms with E-state index in [0.717, 1.165) is 39.2 Å². The van der Waals surface area contributed by atoms with Crippen molar-refractivity contribution in [2.24, 2.45) is 0 Å². The van der Waals surface area contributed by atoms with Gasteiger partial charge in [-0.15, -0.1) is 23.7 Å². The second-order valence-corrected chi connectivity index (χ2v) is 8.53. The van der Waals surface area contributed by atoms with E-state index in [2.05, 4.69) is 77.9 Å². The lowest BCUT2D eigenvalue weighted by molar-refractivity contribution is 0.00838. The molecular weight excluding hydrogens is 388 g/mol. The van der Waals surface area contributed by atoms with Crippen molar-refractivity contribution in [1.29, 1.82) is 0 Å². The Hall–Kier alpha value is -1.43. The highest BCUT2D eigenvalue weighted by Crippen LogP contribution is 2.36. The zero-order chi connectivity index (χ0) is 18.5. The molecule has 0 bridgehead atoms. The second kappa shape index (κ2) is 10.4. The van der Waals surface area contributed by atoms with E-state index in [1.54, 1.807) is 0 Å². The fourth-order valence-corrected chi connectivity index (χ4v) is 5.13. The normalized spacial score (nSPS) is 18.1. The summed E-state index contributed by atoms with van der Waals surface area (Å²) in [6.45, 7) is 4.77. The van der Waals surface area contributed by atoms with Crippen molar-refractivity contribution in [2.75, 3.05) is 33.3 Å². The molecule has 1 aliphatic heterocycles. The molecule has 150 valence electrons. The molecule has 2 atom stereocenters. The molecule has 2 aromatic carbocycles. The third kappa shape index (κ3) is 5.34. The average Bonchev–Trinajstić information content (AvgIpc) is 3.13. The standard InChI is InChI=1S/C23H28N2OS.ClH/c1-25(17-18-7-3-2-4-8-18)13-11-20(21-16-24-12-14-26-21)23-15-19-9-5-6-10-22(19)27-23;/h2-10,15,20-21,24H,11-14,16-17H2,1H3;1H. The van der Waals surface area contributed by atoms with Crippen LogP contribution in [0.1, 0.15) is 22.8 Å².